The molecule has 0 aliphatic heterocycles. The minimum absolute atomic E-state index is 0.190. The van der Waals surface area contributed by atoms with Crippen LogP contribution in [0.3, 0.4) is 0 Å². The minimum Gasteiger partial charge on any atom is -0.463 e. The van der Waals surface area contributed by atoms with Crippen molar-refractivity contribution in [1.82, 2.24) is 25.1 Å². The largest absolute Gasteiger partial charge is 0.463 e. The first-order valence-corrected chi connectivity index (χ1v) is 8.46. The zero-order chi connectivity index (χ0) is 18.6. The van der Waals surface area contributed by atoms with Crippen molar-refractivity contribution < 1.29 is 9.21 Å². The van der Waals surface area contributed by atoms with Gasteiger partial charge in [-0.3, -0.25) is 4.79 Å². The lowest BCUT2D eigenvalue weighted by Gasteiger charge is -2.06. The lowest BCUT2D eigenvalue weighted by Crippen LogP contribution is -2.23. The second-order valence-electron chi connectivity index (χ2n) is 5.94. The van der Waals surface area contributed by atoms with Crippen molar-refractivity contribution in [2.24, 2.45) is 0 Å². The van der Waals surface area contributed by atoms with Gasteiger partial charge >= 0.3 is 0 Å². The van der Waals surface area contributed by atoms with E-state index in [-0.39, 0.29) is 5.91 Å². The van der Waals surface area contributed by atoms with Gasteiger partial charge < -0.3 is 9.73 Å². The molecule has 4 rings (SSSR count). The monoisotopic (exact) mass is 359 g/mol. The smallest absolute Gasteiger partial charge is 0.255 e. The van der Waals surface area contributed by atoms with Crippen molar-refractivity contribution in [2.75, 3.05) is 0 Å². The number of furan rings is 1. The molecule has 4 aromatic rings. The molecule has 0 atom stereocenters. The van der Waals surface area contributed by atoms with Crippen LogP contribution in [0.5, 0.6) is 0 Å². The fraction of sp³-hybridized carbons (Fsp3) is 0.100. The van der Waals surface area contributed by atoms with Crippen molar-refractivity contribution >= 4 is 5.91 Å². The van der Waals surface area contributed by atoms with Gasteiger partial charge in [-0.2, -0.15) is 5.10 Å². The van der Waals surface area contributed by atoms with Gasteiger partial charge in [0.1, 0.15) is 5.69 Å². The Bertz CT molecular complexity index is 1060. The van der Waals surface area contributed by atoms with Crippen LogP contribution in [0.25, 0.3) is 17.4 Å². The van der Waals surface area contributed by atoms with Crippen LogP contribution in [0.1, 0.15) is 21.6 Å². The average molecular weight is 359 g/mol. The van der Waals surface area contributed by atoms with Gasteiger partial charge in [0.25, 0.3) is 11.9 Å². The van der Waals surface area contributed by atoms with Crippen LogP contribution >= 0.6 is 0 Å². The predicted molar refractivity (Wildman–Crippen MR) is 99.2 cm³/mol. The summed E-state index contributed by atoms with van der Waals surface area (Å²) in [5, 5.41) is 7.19. The Morgan fingerprint density at radius 1 is 1.15 bits per heavy atom. The van der Waals surface area contributed by atoms with Crippen LogP contribution in [-0.2, 0) is 6.54 Å². The maximum absolute atomic E-state index is 12.5. The van der Waals surface area contributed by atoms with Crippen molar-refractivity contribution in [3.05, 3.63) is 84.0 Å². The number of amides is 1. The van der Waals surface area contributed by atoms with Crippen molar-refractivity contribution in [2.45, 2.75) is 13.5 Å². The molecule has 0 unspecified atom stereocenters. The number of hydrogen-bond acceptors (Lipinski definition) is 5. The molecule has 7 nitrogen and oxygen atoms in total. The highest BCUT2D eigenvalue weighted by Crippen LogP contribution is 2.18. The SMILES string of the molecule is Cc1c(C(=O)NCc2ccccc2)cnn1-c1nccc(-c2ccco2)n1. The summed E-state index contributed by atoms with van der Waals surface area (Å²) in [6.07, 6.45) is 4.75. The summed E-state index contributed by atoms with van der Waals surface area (Å²) >= 11 is 0. The Labute approximate surface area is 155 Å². The van der Waals surface area contributed by atoms with Gasteiger partial charge in [0.15, 0.2) is 5.76 Å². The Balaban J connectivity index is 1.55. The quantitative estimate of drug-likeness (QED) is 0.591. The fourth-order valence-electron chi connectivity index (χ4n) is 2.72. The Morgan fingerprint density at radius 2 is 2.00 bits per heavy atom. The van der Waals surface area contributed by atoms with E-state index in [1.165, 1.54) is 6.20 Å². The van der Waals surface area contributed by atoms with Crippen LogP contribution in [-0.4, -0.2) is 25.7 Å². The van der Waals surface area contributed by atoms with E-state index in [0.717, 1.165) is 5.56 Å². The highest BCUT2D eigenvalue weighted by atomic mass is 16.3. The normalized spacial score (nSPS) is 10.7. The van der Waals surface area contributed by atoms with Crippen LogP contribution < -0.4 is 5.32 Å². The van der Waals surface area contributed by atoms with Crippen LogP contribution in [0.15, 0.2) is 71.6 Å². The van der Waals surface area contributed by atoms with Crippen LogP contribution in [0, 0.1) is 6.92 Å². The molecule has 27 heavy (non-hydrogen) atoms. The predicted octanol–water partition coefficient (Wildman–Crippen LogP) is 3.16. The van der Waals surface area contributed by atoms with E-state index < -0.39 is 0 Å². The van der Waals surface area contributed by atoms with Gasteiger partial charge in [0.2, 0.25) is 0 Å². The first kappa shape index (κ1) is 16.7. The van der Waals surface area contributed by atoms with Gasteiger partial charge in [-0.05, 0) is 30.7 Å². The second kappa shape index (κ2) is 7.25. The molecule has 0 saturated carbocycles. The second-order valence-corrected chi connectivity index (χ2v) is 5.94. The molecule has 0 bridgehead atoms. The van der Waals surface area contributed by atoms with Gasteiger partial charge in [0, 0.05) is 12.7 Å². The molecular weight excluding hydrogens is 342 g/mol. The molecule has 0 radical (unpaired) electrons. The van der Waals surface area contributed by atoms with Gasteiger partial charge in [-0.1, -0.05) is 30.3 Å². The van der Waals surface area contributed by atoms with E-state index in [2.05, 4.69) is 20.4 Å². The summed E-state index contributed by atoms with van der Waals surface area (Å²) in [6, 6.07) is 15.1. The molecule has 1 aromatic carbocycles. The number of benzene rings is 1. The van der Waals surface area contributed by atoms with E-state index in [1.54, 1.807) is 29.3 Å². The number of carbonyl (C=O) groups excluding carboxylic acids is 1. The Hall–Kier alpha value is -3.74. The Kier molecular flexibility index (Phi) is 4.49. The summed E-state index contributed by atoms with van der Waals surface area (Å²) < 4.78 is 6.92. The molecule has 1 N–H and O–H groups in total. The molecule has 3 aromatic heterocycles. The topological polar surface area (TPSA) is 85.8 Å². The minimum atomic E-state index is -0.190. The van der Waals surface area contributed by atoms with Crippen LogP contribution in [0.4, 0.5) is 0 Å². The number of rotatable bonds is 5. The van der Waals surface area contributed by atoms with E-state index in [0.29, 0.717) is 35.2 Å². The highest BCUT2D eigenvalue weighted by Gasteiger charge is 2.17. The summed E-state index contributed by atoms with van der Waals surface area (Å²) in [7, 11) is 0. The van der Waals surface area contributed by atoms with Crippen molar-refractivity contribution in [3.63, 3.8) is 0 Å². The first-order valence-electron chi connectivity index (χ1n) is 8.46. The third-order valence-electron chi connectivity index (χ3n) is 4.16. The third-order valence-corrected chi connectivity index (χ3v) is 4.16. The van der Waals surface area contributed by atoms with E-state index in [9.17, 15) is 4.79 Å². The maximum Gasteiger partial charge on any atom is 0.255 e. The number of hydrogen-bond donors (Lipinski definition) is 1. The van der Waals surface area contributed by atoms with Gasteiger partial charge in [-0.15, -0.1) is 0 Å². The van der Waals surface area contributed by atoms with E-state index in [4.69, 9.17) is 4.42 Å². The molecule has 0 aliphatic rings. The van der Waals surface area contributed by atoms with E-state index >= 15 is 0 Å². The zero-order valence-corrected chi connectivity index (χ0v) is 14.7. The average Bonchev–Trinajstić information content (AvgIpc) is 3.37. The summed E-state index contributed by atoms with van der Waals surface area (Å²) in [4.78, 5) is 21.3. The summed E-state index contributed by atoms with van der Waals surface area (Å²) in [5.41, 5.74) is 2.83. The molecule has 0 spiro atoms. The third kappa shape index (κ3) is 3.48. The van der Waals surface area contributed by atoms with Crippen molar-refractivity contribution in [3.8, 4) is 17.4 Å². The molecule has 3 heterocycles. The molecule has 0 saturated heterocycles. The number of carbonyl (C=O) groups is 1. The van der Waals surface area contributed by atoms with Crippen molar-refractivity contribution in [1.29, 1.82) is 0 Å². The Morgan fingerprint density at radius 3 is 2.78 bits per heavy atom. The maximum atomic E-state index is 12.5. The van der Waals surface area contributed by atoms with Gasteiger partial charge in [0.05, 0.1) is 23.7 Å². The zero-order valence-electron chi connectivity index (χ0n) is 14.7. The number of aromatic nitrogens is 4. The van der Waals surface area contributed by atoms with Gasteiger partial charge in [-0.25, -0.2) is 14.6 Å². The fourth-order valence-corrected chi connectivity index (χ4v) is 2.72. The summed E-state index contributed by atoms with van der Waals surface area (Å²) in [5.74, 6) is 0.831. The molecule has 1 amide bonds. The number of nitrogens with zero attached hydrogens (tertiary/aromatic N) is 4. The lowest BCUT2D eigenvalue weighted by atomic mass is 10.2. The standard InChI is InChI=1S/C20H17N5O2/c1-14-16(19(26)22-12-15-6-3-2-4-7-15)13-23-25(14)20-21-10-9-17(24-20)18-8-5-11-27-18/h2-11,13H,12H2,1H3,(H,22,26). The molecule has 0 aliphatic carbocycles. The van der Waals surface area contributed by atoms with E-state index in [1.807, 2.05) is 43.3 Å². The lowest BCUT2D eigenvalue weighted by molar-refractivity contribution is 0.0950. The number of nitrogens with one attached hydrogen (secondary N) is 1. The molecule has 0 fully saturated rings. The molecule has 7 heteroatoms. The summed E-state index contributed by atoms with van der Waals surface area (Å²) in [6.45, 7) is 2.27. The molecule has 134 valence electrons. The first-order chi connectivity index (χ1) is 13.2. The van der Waals surface area contributed by atoms with Crippen LogP contribution in [0.2, 0.25) is 0 Å². The highest BCUT2D eigenvalue weighted by molar-refractivity contribution is 5.95. The molecular formula is C20H17N5O2.